The third-order valence-corrected chi connectivity index (χ3v) is 5.40. The van der Waals surface area contributed by atoms with Crippen LogP contribution in [0.4, 0.5) is 0 Å². The number of hydrogen-bond acceptors (Lipinski definition) is 2. The summed E-state index contributed by atoms with van der Waals surface area (Å²) < 4.78 is 0. The lowest BCUT2D eigenvalue weighted by Crippen LogP contribution is -2.51. The van der Waals surface area contributed by atoms with Gasteiger partial charge in [-0.2, -0.15) is 0 Å². The summed E-state index contributed by atoms with van der Waals surface area (Å²) in [7, 11) is 0. The van der Waals surface area contributed by atoms with Crippen molar-refractivity contribution in [1.29, 1.82) is 0 Å². The molecule has 0 radical (unpaired) electrons. The molecule has 1 aliphatic heterocycles. The van der Waals surface area contributed by atoms with E-state index in [-0.39, 0.29) is 11.6 Å². The largest absolute Gasteiger partial charge is 0.322 e. The summed E-state index contributed by atoms with van der Waals surface area (Å²) in [6.07, 6.45) is 5.35. The van der Waals surface area contributed by atoms with Crippen LogP contribution in [0.1, 0.15) is 67.8 Å². The van der Waals surface area contributed by atoms with E-state index in [9.17, 15) is 0 Å². The molecule has 0 saturated carbocycles. The van der Waals surface area contributed by atoms with Crippen molar-refractivity contribution in [2.24, 2.45) is 5.73 Å². The number of nitrogens with two attached hydrogens (primary N) is 1. The van der Waals surface area contributed by atoms with Gasteiger partial charge in [-0.1, -0.05) is 25.0 Å². The predicted molar refractivity (Wildman–Crippen MR) is 91.7 cm³/mol. The highest BCUT2D eigenvalue weighted by Crippen LogP contribution is 2.33. The van der Waals surface area contributed by atoms with Crippen molar-refractivity contribution >= 4 is 0 Å². The molecule has 1 saturated heterocycles. The van der Waals surface area contributed by atoms with Crippen molar-refractivity contribution in [2.45, 2.75) is 71.9 Å². The fourth-order valence-electron chi connectivity index (χ4n) is 3.54. The average Bonchev–Trinajstić information content (AvgIpc) is 2.71. The molecule has 2 nitrogen and oxygen atoms in total. The number of benzene rings is 1. The maximum absolute atomic E-state index is 6.73. The third-order valence-electron chi connectivity index (χ3n) is 5.40. The van der Waals surface area contributed by atoms with Gasteiger partial charge < -0.3 is 5.73 Å². The predicted octanol–water partition coefficient (Wildman–Crippen LogP) is 4.27. The van der Waals surface area contributed by atoms with Crippen LogP contribution in [0, 0.1) is 20.8 Å². The monoisotopic (exact) mass is 288 g/mol. The van der Waals surface area contributed by atoms with Crippen LogP contribution in [0.25, 0.3) is 0 Å². The standard InChI is InChI=1S/C19H32N2/c1-14-12-16(3)17(13-15(14)2)18(20)19(4,5)21-10-8-6-7-9-11-21/h12-13,18H,6-11,20H2,1-5H3. The van der Waals surface area contributed by atoms with Crippen LogP contribution in [0.15, 0.2) is 12.1 Å². The Morgan fingerprint density at radius 3 is 2.00 bits per heavy atom. The molecule has 0 amide bonds. The summed E-state index contributed by atoms with van der Waals surface area (Å²) >= 11 is 0. The van der Waals surface area contributed by atoms with E-state index in [0.29, 0.717) is 0 Å². The quantitative estimate of drug-likeness (QED) is 0.900. The first-order valence-electron chi connectivity index (χ1n) is 8.42. The van der Waals surface area contributed by atoms with Crippen molar-refractivity contribution in [2.75, 3.05) is 13.1 Å². The van der Waals surface area contributed by atoms with E-state index in [2.05, 4.69) is 51.7 Å². The van der Waals surface area contributed by atoms with Gasteiger partial charge in [-0.15, -0.1) is 0 Å². The van der Waals surface area contributed by atoms with Crippen LogP contribution < -0.4 is 5.73 Å². The van der Waals surface area contributed by atoms with Gasteiger partial charge >= 0.3 is 0 Å². The minimum atomic E-state index is 0.0107. The highest BCUT2D eigenvalue weighted by atomic mass is 15.2. The second-order valence-corrected chi connectivity index (χ2v) is 7.33. The zero-order valence-corrected chi connectivity index (χ0v) is 14.5. The van der Waals surface area contributed by atoms with Gasteiger partial charge in [0.25, 0.3) is 0 Å². The van der Waals surface area contributed by atoms with Gasteiger partial charge in [0.15, 0.2) is 0 Å². The zero-order chi connectivity index (χ0) is 15.6. The number of nitrogens with zero attached hydrogens (tertiary/aromatic N) is 1. The smallest absolute Gasteiger partial charge is 0.0479 e. The summed E-state index contributed by atoms with van der Waals surface area (Å²) in [6, 6.07) is 4.65. The third kappa shape index (κ3) is 3.49. The molecule has 2 N–H and O–H groups in total. The van der Waals surface area contributed by atoms with Crippen LogP contribution in [0.5, 0.6) is 0 Å². The Bertz CT molecular complexity index is 483. The molecule has 0 spiro atoms. The Morgan fingerprint density at radius 2 is 1.43 bits per heavy atom. The lowest BCUT2D eigenvalue weighted by molar-refractivity contribution is 0.0978. The van der Waals surface area contributed by atoms with Gasteiger partial charge in [-0.3, -0.25) is 4.90 Å². The number of rotatable bonds is 3. The molecular formula is C19H32N2. The van der Waals surface area contributed by atoms with Crippen LogP contribution in [0.3, 0.4) is 0 Å². The highest BCUT2D eigenvalue weighted by molar-refractivity contribution is 5.39. The van der Waals surface area contributed by atoms with E-state index in [1.54, 1.807) is 0 Å². The maximum atomic E-state index is 6.73. The van der Waals surface area contributed by atoms with Gasteiger partial charge in [-0.05, 0) is 82.8 Å². The minimum Gasteiger partial charge on any atom is -0.322 e. The number of aryl methyl sites for hydroxylation is 3. The molecule has 2 heteroatoms. The Labute approximate surface area is 130 Å². The summed E-state index contributed by atoms with van der Waals surface area (Å²) in [5.74, 6) is 0. The van der Waals surface area contributed by atoms with Crippen LogP contribution in [0.2, 0.25) is 0 Å². The van der Waals surface area contributed by atoms with Gasteiger partial charge in [0.2, 0.25) is 0 Å². The first-order chi connectivity index (χ1) is 9.84. The van der Waals surface area contributed by atoms with Crippen LogP contribution >= 0.6 is 0 Å². The molecule has 2 rings (SSSR count). The van der Waals surface area contributed by atoms with E-state index >= 15 is 0 Å². The minimum absolute atomic E-state index is 0.0107. The first kappa shape index (κ1) is 16.5. The molecule has 1 unspecified atom stereocenters. The van der Waals surface area contributed by atoms with E-state index in [1.807, 2.05) is 0 Å². The molecule has 1 fully saturated rings. The van der Waals surface area contributed by atoms with Crippen molar-refractivity contribution in [3.8, 4) is 0 Å². The maximum Gasteiger partial charge on any atom is 0.0479 e. The van der Waals surface area contributed by atoms with Gasteiger partial charge in [0.1, 0.15) is 0 Å². The Balaban J connectivity index is 2.28. The van der Waals surface area contributed by atoms with E-state index < -0.39 is 0 Å². The SMILES string of the molecule is Cc1cc(C)c(C(N)C(C)(C)N2CCCCCC2)cc1C. The summed E-state index contributed by atoms with van der Waals surface area (Å²) in [4.78, 5) is 2.61. The summed E-state index contributed by atoms with van der Waals surface area (Å²) in [6.45, 7) is 13.6. The molecule has 0 aliphatic carbocycles. The number of likely N-dealkylation sites (tertiary alicyclic amines) is 1. The van der Waals surface area contributed by atoms with E-state index in [0.717, 1.165) is 0 Å². The van der Waals surface area contributed by atoms with Crippen LogP contribution in [-0.4, -0.2) is 23.5 Å². The van der Waals surface area contributed by atoms with Gasteiger partial charge in [0.05, 0.1) is 0 Å². The molecule has 0 bridgehead atoms. The fraction of sp³-hybridized carbons (Fsp3) is 0.684. The first-order valence-corrected chi connectivity index (χ1v) is 8.42. The van der Waals surface area contributed by atoms with Crippen LogP contribution in [-0.2, 0) is 0 Å². The molecule has 21 heavy (non-hydrogen) atoms. The van der Waals surface area contributed by atoms with E-state index in [1.165, 1.54) is 61.0 Å². The molecule has 1 aromatic rings. The molecular weight excluding hydrogens is 256 g/mol. The van der Waals surface area contributed by atoms with Crippen molar-refractivity contribution < 1.29 is 0 Å². The topological polar surface area (TPSA) is 29.3 Å². The molecule has 1 aliphatic rings. The normalized spacial score (nSPS) is 19.3. The Hall–Kier alpha value is -0.860. The van der Waals surface area contributed by atoms with Gasteiger partial charge in [0, 0.05) is 11.6 Å². The fourth-order valence-corrected chi connectivity index (χ4v) is 3.54. The molecule has 1 aromatic carbocycles. The highest BCUT2D eigenvalue weighted by Gasteiger charge is 2.34. The lowest BCUT2D eigenvalue weighted by Gasteiger charge is -2.43. The Kier molecular flexibility index (Phi) is 5.11. The lowest BCUT2D eigenvalue weighted by atomic mass is 9.84. The zero-order valence-electron chi connectivity index (χ0n) is 14.5. The molecule has 1 atom stereocenters. The van der Waals surface area contributed by atoms with Crippen molar-refractivity contribution in [1.82, 2.24) is 4.90 Å². The van der Waals surface area contributed by atoms with Crippen molar-refractivity contribution in [3.63, 3.8) is 0 Å². The second kappa shape index (κ2) is 6.50. The average molecular weight is 288 g/mol. The van der Waals surface area contributed by atoms with Crippen molar-refractivity contribution in [3.05, 3.63) is 34.4 Å². The van der Waals surface area contributed by atoms with E-state index in [4.69, 9.17) is 5.73 Å². The molecule has 0 aromatic heterocycles. The Morgan fingerprint density at radius 1 is 0.905 bits per heavy atom. The summed E-state index contributed by atoms with van der Waals surface area (Å²) in [5.41, 5.74) is 12.1. The van der Waals surface area contributed by atoms with Gasteiger partial charge in [-0.25, -0.2) is 0 Å². The summed E-state index contributed by atoms with van der Waals surface area (Å²) in [5, 5.41) is 0. The molecule has 118 valence electrons. The number of hydrogen-bond donors (Lipinski definition) is 1. The molecule has 1 heterocycles. The second-order valence-electron chi connectivity index (χ2n) is 7.33.